The highest BCUT2D eigenvalue weighted by molar-refractivity contribution is 9.10. The van der Waals surface area contributed by atoms with Gasteiger partial charge in [-0.15, -0.1) is 0 Å². The van der Waals surface area contributed by atoms with Crippen LogP contribution < -0.4 is 5.73 Å². The molecule has 2 saturated carbocycles. The summed E-state index contributed by atoms with van der Waals surface area (Å²) in [6.45, 7) is 0. The van der Waals surface area contributed by atoms with Gasteiger partial charge >= 0.3 is 5.97 Å². The van der Waals surface area contributed by atoms with Crippen LogP contribution in [0.25, 0.3) is 28.0 Å². The topological polar surface area (TPSA) is 106 Å². The minimum atomic E-state index is -2.08. The van der Waals surface area contributed by atoms with Crippen LogP contribution in [0.2, 0.25) is 0 Å². The molecule has 0 amide bonds. The Morgan fingerprint density at radius 1 is 1.11 bits per heavy atom. The van der Waals surface area contributed by atoms with Crippen LogP contribution in [0.4, 0.5) is 10.2 Å². The first-order chi connectivity index (χ1) is 16.8. The Bertz CT molecular complexity index is 1450. The van der Waals surface area contributed by atoms with E-state index in [4.69, 9.17) is 10.7 Å². The van der Waals surface area contributed by atoms with E-state index in [2.05, 4.69) is 26.0 Å². The van der Waals surface area contributed by atoms with Crippen molar-refractivity contribution in [2.45, 2.75) is 43.7 Å². The van der Waals surface area contributed by atoms with E-state index in [9.17, 15) is 14.3 Å². The predicted octanol–water partition coefficient (Wildman–Crippen LogP) is 5.64. The van der Waals surface area contributed by atoms with Crippen molar-refractivity contribution in [3.05, 3.63) is 65.0 Å². The van der Waals surface area contributed by atoms with Gasteiger partial charge in [0.1, 0.15) is 5.82 Å². The van der Waals surface area contributed by atoms with Gasteiger partial charge in [0.2, 0.25) is 5.67 Å². The number of carboxylic acids is 1. The van der Waals surface area contributed by atoms with E-state index < -0.39 is 17.1 Å². The van der Waals surface area contributed by atoms with Crippen molar-refractivity contribution in [2.75, 3.05) is 5.73 Å². The average Bonchev–Trinajstić information content (AvgIpc) is 3.24. The zero-order valence-corrected chi connectivity index (χ0v) is 20.4. The minimum absolute atomic E-state index is 0.0577. The monoisotopic (exact) mass is 535 g/mol. The summed E-state index contributed by atoms with van der Waals surface area (Å²) < 4.78 is 17.0. The number of hydrogen-bond donors (Lipinski definition) is 2. The third-order valence-corrected chi connectivity index (χ3v) is 8.57. The average molecular weight is 536 g/mol. The number of aliphatic carboxylic acids is 1. The molecule has 2 fully saturated rings. The molecule has 7 nitrogen and oxygen atoms in total. The molecule has 3 aromatic heterocycles. The van der Waals surface area contributed by atoms with Crippen molar-refractivity contribution in [2.24, 2.45) is 5.41 Å². The van der Waals surface area contributed by atoms with Gasteiger partial charge in [0, 0.05) is 40.6 Å². The molecular formula is C26H23BrFN5O2. The smallest absolute Gasteiger partial charge is 0.342 e. The van der Waals surface area contributed by atoms with Crippen molar-refractivity contribution < 1.29 is 14.3 Å². The lowest BCUT2D eigenvalue weighted by Gasteiger charge is -2.30. The van der Waals surface area contributed by atoms with Crippen LogP contribution in [0, 0.1) is 5.41 Å². The molecule has 0 saturated heterocycles. The summed E-state index contributed by atoms with van der Waals surface area (Å²) in [6, 6.07) is 13.9. The number of nitrogens with zero attached hydrogens (tertiary/aromatic N) is 4. The molecule has 3 heterocycles. The molecule has 35 heavy (non-hydrogen) atoms. The van der Waals surface area contributed by atoms with Crippen LogP contribution in [0.5, 0.6) is 0 Å². The van der Waals surface area contributed by atoms with Crippen LogP contribution >= 0.6 is 15.9 Å². The largest absolute Gasteiger partial charge is 0.479 e. The second-order valence-corrected chi connectivity index (χ2v) is 10.4. The van der Waals surface area contributed by atoms with E-state index in [1.165, 1.54) is 0 Å². The van der Waals surface area contributed by atoms with E-state index in [0.29, 0.717) is 41.6 Å². The number of anilines is 1. The summed E-state index contributed by atoms with van der Waals surface area (Å²) >= 11 is 3.60. The molecule has 4 aromatic rings. The number of nitrogen functional groups attached to an aromatic ring is 1. The quantitative estimate of drug-likeness (QED) is 0.350. The number of benzene rings is 1. The number of alkyl halides is 1. The summed E-state index contributed by atoms with van der Waals surface area (Å²) in [6.07, 6.45) is 6.03. The number of carbonyl (C=O) groups is 1. The zero-order valence-electron chi connectivity index (χ0n) is 18.8. The Labute approximate surface area is 209 Å². The van der Waals surface area contributed by atoms with Gasteiger partial charge in [0.25, 0.3) is 0 Å². The fourth-order valence-corrected chi connectivity index (χ4v) is 6.14. The molecule has 1 atom stereocenters. The Hall–Kier alpha value is -3.33. The third kappa shape index (κ3) is 3.36. The van der Waals surface area contributed by atoms with Crippen LogP contribution in [0.3, 0.4) is 0 Å². The summed E-state index contributed by atoms with van der Waals surface area (Å²) in [7, 11) is 0. The molecule has 178 valence electrons. The van der Waals surface area contributed by atoms with Crippen molar-refractivity contribution in [1.29, 1.82) is 0 Å². The maximum Gasteiger partial charge on any atom is 0.342 e. The van der Waals surface area contributed by atoms with Crippen LogP contribution in [0.1, 0.15) is 43.7 Å². The number of carboxylic acid groups (broad SMARTS) is 1. The molecule has 1 aromatic carbocycles. The van der Waals surface area contributed by atoms with Crippen molar-refractivity contribution >= 4 is 33.4 Å². The molecule has 0 radical (unpaired) electrons. The van der Waals surface area contributed by atoms with Gasteiger partial charge in [-0.1, -0.05) is 36.4 Å². The SMILES string of the molecule is Nc1c(Br)c(C2CCC3(CC2)CC3(F)C(=O)O)nc2c(-c3ccc(-c4ccccc4)nc3)cnn12. The first kappa shape index (κ1) is 22.2. The van der Waals surface area contributed by atoms with Crippen LogP contribution in [0.15, 0.2) is 59.3 Å². The Kier molecular flexibility index (Phi) is 4.96. The second-order valence-electron chi connectivity index (χ2n) is 9.63. The lowest BCUT2D eigenvalue weighted by Crippen LogP contribution is -2.29. The molecule has 3 N–H and O–H groups in total. The van der Waals surface area contributed by atoms with Crippen molar-refractivity contribution in [1.82, 2.24) is 19.6 Å². The number of pyridine rings is 1. The first-order valence-electron chi connectivity index (χ1n) is 11.6. The number of nitrogens with two attached hydrogens (primary N) is 1. The summed E-state index contributed by atoms with van der Waals surface area (Å²) in [4.78, 5) is 20.9. The molecular weight excluding hydrogens is 513 g/mol. The van der Waals surface area contributed by atoms with E-state index in [0.717, 1.165) is 28.1 Å². The summed E-state index contributed by atoms with van der Waals surface area (Å²) in [5.41, 5.74) is 8.67. The maximum absolute atomic E-state index is 14.7. The zero-order chi connectivity index (χ0) is 24.4. The second kappa shape index (κ2) is 7.84. The fourth-order valence-electron chi connectivity index (χ4n) is 5.56. The minimum Gasteiger partial charge on any atom is -0.479 e. The Balaban J connectivity index is 1.32. The molecule has 0 bridgehead atoms. The number of halogens is 2. The molecule has 9 heteroatoms. The van der Waals surface area contributed by atoms with Gasteiger partial charge in [-0.2, -0.15) is 9.61 Å². The number of rotatable bonds is 4. The van der Waals surface area contributed by atoms with E-state index in [-0.39, 0.29) is 12.3 Å². The van der Waals surface area contributed by atoms with E-state index in [1.54, 1.807) is 10.7 Å². The first-order valence-corrected chi connectivity index (χ1v) is 12.4. The summed E-state index contributed by atoms with van der Waals surface area (Å²) in [5, 5.41) is 13.7. The molecule has 0 aliphatic heterocycles. The fraction of sp³-hybridized carbons (Fsp3) is 0.308. The van der Waals surface area contributed by atoms with Gasteiger partial charge < -0.3 is 10.8 Å². The number of aromatic nitrogens is 4. The molecule has 2 aliphatic carbocycles. The molecule has 1 unspecified atom stereocenters. The molecule has 6 rings (SSSR count). The van der Waals surface area contributed by atoms with Crippen molar-refractivity contribution in [3.8, 4) is 22.4 Å². The van der Waals surface area contributed by atoms with E-state index >= 15 is 0 Å². The van der Waals surface area contributed by atoms with Crippen molar-refractivity contribution in [3.63, 3.8) is 0 Å². The highest BCUT2D eigenvalue weighted by Crippen LogP contribution is 2.68. The third-order valence-electron chi connectivity index (χ3n) is 7.76. The normalized spacial score (nSPS) is 25.7. The van der Waals surface area contributed by atoms with Gasteiger partial charge in [-0.3, -0.25) is 4.98 Å². The van der Waals surface area contributed by atoms with Gasteiger partial charge in [0.15, 0.2) is 5.65 Å². The predicted molar refractivity (Wildman–Crippen MR) is 134 cm³/mol. The molecule has 2 aliphatic rings. The highest BCUT2D eigenvalue weighted by Gasteiger charge is 2.74. The lowest BCUT2D eigenvalue weighted by atomic mass is 9.76. The molecule has 1 spiro atoms. The maximum atomic E-state index is 14.7. The Morgan fingerprint density at radius 2 is 1.86 bits per heavy atom. The Morgan fingerprint density at radius 3 is 2.49 bits per heavy atom. The van der Waals surface area contributed by atoms with E-state index in [1.807, 2.05) is 48.7 Å². The number of fused-ring (bicyclic) bond motifs is 1. The van der Waals surface area contributed by atoms with Crippen LogP contribution in [-0.4, -0.2) is 36.3 Å². The highest BCUT2D eigenvalue weighted by atomic mass is 79.9. The summed E-state index contributed by atoms with van der Waals surface area (Å²) in [5.74, 6) is -0.832. The van der Waals surface area contributed by atoms with Crippen LogP contribution in [-0.2, 0) is 4.79 Å². The van der Waals surface area contributed by atoms with Gasteiger partial charge in [-0.05, 0) is 47.7 Å². The van der Waals surface area contributed by atoms with Gasteiger partial charge in [0.05, 0.1) is 22.1 Å². The number of hydrogen-bond acceptors (Lipinski definition) is 5. The standard InChI is InChI=1S/C26H23BrFN5O2/c27-20-21(16-8-10-25(11-9-16)14-26(25,28)24(34)35)32-23-18(13-31-33(23)22(20)29)17-6-7-19(30-12-17)15-4-2-1-3-5-15/h1-7,12-13,16H,8-11,14,29H2,(H,34,35). The van der Waals surface area contributed by atoms with Gasteiger partial charge in [-0.25, -0.2) is 14.2 Å². The lowest BCUT2D eigenvalue weighted by molar-refractivity contribution is -0.146.